The first kappa shape index (κ1) is 7.00. The third-order valence-electron chi connectivity index (χ3n) is 1.39. The summed E-state index contributed by atoms with van der Waals surface area (Å²) in [5, 5.41) is 0. The molecule has 0 saturated carbocycles. The van der Waals surface area contributed by atoms with Crippen molar-refractivity contribution in [3.05, 3.63) is 10.7 Å². The van der Waals surface area contributed by atoms with E-state index in [4.69, 9.17) is 4.74 Å². The molecule has 0 aliphatic carbocycles. The molecule has 0 N–H and O–H groups in total. The molecule has 0 spiro atoms. The molecule has 0 amide bonds. The van der Waals surface area contributed by atoms with E-state index in [2.05, 4.69) is 6.92 Å². The van der Waals surface area contributed by atoms with Gasteiger partial charge in [-0.05, 0) is 13.3 Å². The molecule has 0 fully saturated rings. The molecule has 0 aromatic heterocycles. The highest BCUT2D eigenvalue weighted by Crippen LogP contribution is 2.27. The second-order valence-electron chi connectivity index (χ2n) is 2.03. The van der Waals surface area contributed by atoms with Crippen LogP contribution in [0.15, 0.2) is 10.7 Å². The van der Waals surface area contributed by atoms with Crippen molar-refractivity contribution in [3.8, 4) is 0 Å². The maximum atomic E-state index is 5.34. The number of allylic oxidation sites excluding steroid dienone is 2. The van der Waals surface area contributed by atoms with E-state index in [0.717, 1.165) is 24.5 Å². The molecular formula is C7H12OS. The van der Waals surface area contributed by atoms with Crippen molar-refractivity contribution < 1.29 is 4.74 Å². The minimum absolute atomic E-state index is 0.889. The maximum absolute atomic E-state index is 5.34. The van der Waals surface area contributed by atoms with Crippen LogP contribution in [0.2, 0.25) is 0 Å². The molecule has 1 aliphatic heterocycles. The van der Waals surface area contributed by atoms with Crippen LogP contribution in [0.4, 0.5) is 0 Å². The Balaban J connectivity index is 2.59. The molecule has 2 heteroatoms. The largest absolute Gasteiger partial charge is 0.497 e. The highest BCUT2D eigenvalue weighted by atomic mass is 32.2. The van der Waals surface area contributed by atoms with E-state index in [-0.39, 0.29) is 0 Å². The van der Waals surface area contributed by atoms with Gasteiger partial charge in [-0.1, -0.05) is 6.92 Å². The van der Waals surface area contributed by atoms with Gasteiger partial charge >= 0.3 is 0 Å². The molecule has 0 atom stereocenters. The van der Waals surface area contributed by atoms with Gasteiger partial charge in [0.05, 0.1) is 6.61 Å². The Hall–Kier alpha value is -0.110. The first-order valence-electron chi connectivity index (χ1n) is 3.30. The summed E-state index contributed by atoms with van der Waals surface area (Å²) < 4.78 is 5.34. The highest BCUT2D eigenvalue weighted by molar-refractivity contribution is 8.03. The van der Waals surface area contributed by atoms with Gasteiger partial charge in [0.25, 0.3) is 0 Å². The van der Waals surface area contributed by atoms with Gasteiger partial charge < -0.3 is 4.74 Å². The molecule has 1 rings (SSSR count). The van der Waals surface area contributed by atoms with E-state index < -0.39 is 0 Å². The highest BCUT2D eigenvalue weighted by Gasteiger charge is 2.07. The van der Waals surface area contributed by atoms with Crippen LogP contribution in [0.1, 0.15) is 20.3 Å². The van der Waals surface area contributed by atoms with Crippen LogP contribution in [0.3, 0.4) is 0 Å². The predicted molar refractivity (Wildman–Crippen MR) is 41.4 cm³/mol. The molecule has 0 radical (unpaired) electrons. The molecular weight excluding hydrogens is 132 g/mol. The number of hydrogen-bond donors (Lipinski definition) is 0. The third-order valence-corrected chi connectivity index (χ3v) is 2.69. The Morgan fingerprint density at radius 2 is 2.44 bits per heavy atom. The Labute approximate surface area is 60.5 Å². The van der Waals surface area contributed by atoms with Crippen LogP contribution in [-0.4, -0.2) is 12.4 Å². The van der Waals surface area contributed by atoms with E-state index in [0.29, 0.717) is 0 Å². The number of rotatable bonds is 1. The Morgan fingerprint density at radius 1 is 1.67 bits per heavy atom. The van der Waals surface area contributed by atoms with Gasteiger partial charge in [-0.2, -0.15) is 0 Å². The van der Waals surface area contributed by atoms with E-state index in [1.54, 1.807) is 0 Å². The fourth-order valence-electron chi connectivity index (χ4n) is 0.893. The smallest absolute Gasteiger partial charge is 0.102 e. The Bertz CT molecular complexity index is 129. The lowest BCUT2D eigenvalue weighted by Gasteiger charge is -2.16. The molecule has 0 saturated heterocycles. The lowest BCUT2D eigenvalue weighted by atomic mass is 10.4. The standard InChI is InChI=1S/C7H12OS/c1-3-7-6(2)8-4-5-9-7/h3-5H2,1-2H3. The van der Waals surface area contributed by atoms with Crippen molar-refractivity contribution in [1.82, 2.24) is 0 Å². The van der Waals surface area contributed by atoms with Crippen molar-refractivity contribution in [3.63, 3.8) is 0 Å². The van der Waals surface area contributed by atoms with Crippen molar-refractivity contribution in [2.75, 3.05) is 12.4 Å². The topological polar surface area (TPSA) is 9.23 Å². The van der Waals surface area contributed by atoms with E-state index in [1.165, 1.54) is 4.91 Å². The van der Waals surface area contributed by atoms with E-state index in [9.17, 15) is 0 Å². The summed E-state index contributed by atoms with van der Waals surface area (Å²) in [6.07, 6.45) is 1.12. The molecule has 0 aromatic carbocycles. The van der Waals surface area contributed by atoms with Crippen molar-refractivity contribution in [1.29, 1.82) is 0 Å². The summed E-state index contributed by atoms with van der Waals surface area (Å²) in [6.45, 7) is 5.10. The number of ether oxygens (including phenoxy) is 1. The number of hydrogen-bond acceptors (Lipinski definition) is 2. The molecule has 0 bridgehead atoms. The van der Waals surface area contributed by atoms with Gasteiger partial charge in [-0.25, -0.2) is 0 Å². The quantitative estimate of drug-likeness (QED) is 0.559. The van der Waals surface area contributed by atoms with Crippen LogP contribution in [0.5, 0.6) is 0 Å². The summed E-state index contributed by atoms with van der Waals surface area (Å²) in [4.78, 5) is 1.42. The van der Waals surface area contributed by atoms with Crippen molar-refractivity contribution >= 4 is 11.8 Å². The summed E-state index contributed by atoms with van der Waals surface area (Å²) in [7, 11) is 0. The van der Waals surface area contributed by atoms with Crippen LogP contribution in [0, 0.1) is 0 Å². The summed E-state index contributed by atoms with van der Waals surface area (Å²) in [6, 6.07) is 0. The lowest BCUT2D eigenvalue weighted by Crippen LogP contribution is -2.03. The molecule has 1 nitrogen and oxygen atoms in total. The van der Waals surface area contributed by atoms with Gasteiger partial charge in [0.15, 0.2) is 0 Å². The van der Waals surface area contributed by atoms with Gasteiger partial charge in [0.2, 0.25) is 0 Å². The molecule has 52 valence electrons. The summed E-state index contributed by atoms with van der Waals surface area (Å²) >= 11 is 1.93. The maximum Gasteiger partial charge on any atom is 0.102 e. The minimum atomic E-state index is 0.889. The average Bonchev–Trinajstić information content (AvgIpc) is 1.89. The summed E-state index contributed by atoms with van der Waals surface area (Å²) in [5.41, 5.74) is 0. The lowest BCUT2D eigenvalue weighted by molar-refractivity contribution is 0.228. The fraction of sp³-hybridized carbons (Fsp3) is 0.714. The third kappa shape index (κ3) is 1.65. The molecule has 1 heterocycles. The normalized spacial score (nSPS) is 19.8. The van der Waals surface area contributed by atoms with Crippen LogP contribution in [-0.2, 0) is 4.74 Å². The zero-order valence-electron chi connectivity index (χ0n) is 5.94. The van der Waals surface area contributed by atoms with E-state index in [1.807, 2.05) is 18.7 Å². The molecule has 0 unspecified atom stereocenters. The van der Waals surface area contributed by atoms with E-state index >= 15 is 0 Å². The van der Waals surface area contributed by atoms with Gasteiger partial charge in [0.1, 0.15) is 5.76 Å². The second kappa shape index (κ2) is 3.16. The Kier molecular flexibility index (Phi) is 2.46. The average molecular weight is 144 g/mol. The molecule has 0 aromatic rings. The first-order chi connectivity index (χ1) is 4.34. The predicted octanol–water partition coefficient (Wildman–Crippen LogP) is 2.39. The number of thioether (sulfide) groups is 1. The van der Waals surface area contributed by atoms with Gasteiger partial charge in [-0.15, -0.1) is 11.8 Å². The molecule has 1 aliphatic rings. The van der Waals surface area contributed by atoms with Gasteiger partial charge in [-0.3, -0.25) is 0 Å². The van der Waals surface area contributed by atoms with Crippen LogP contribution in [0.25, 0.3) is 0 Å². The van der Waals surface area contributed by atoms with Gasteiger partial charge in [0, 0.05) is 10.7 Å². The van der Waals surface area contributed by atoms with Crippen molar-refractivity contribution in [2.24, 2.45) is 0 Å². The first-order valence-corrected chi connectivity index (χ1v) is 4.28. The van der Waals surface area contributed by atoms with Crippen molar-refractivity contribution in [2.45, 2.75) is 20.3 Å². The minimum Gasteiger partial charge on any atom is -0.497 e. The second-order valence-corrected chi connectivity index (χ2v) is 3.22. The molecule has 9 heavy (non-hydrogen) atoms. The van der Waals surface area contributed by atoms with Crippen LogP contribution < -0.4 is 0 Å². The Morgan fingerprint density at radius 3 is 2.89 bits per heavy atom. The zero-order valence-corrected chi connectivity index (χ0v) is 6.75. The fourth-order valence-corrected chi connectivity index (χ4v) is 1.77. The van der Waals surface area contributed by atoms with Crippen LogP contribution >= 0.6 is 11.8 Å². The zero-order chi connectivity index (χ0) is 6.69. The summed E-state index contributed by atoms with van der Waals surface area (Å²) in [5.74, 6) is 2.26. The SMILES string of the molecule is CCC1=C(C)OCCS1. The monoisotopic (exact) mass is 144 g/mol.